The molecular formula is C14H15ClN4OS2. The Balaban J connectivity index is 1.89. The van der Waals surface area contributed by atoms with Crippen LogP contribution in [-0.4, -0.2) is 27.9 Å². The number of carbonyl (C=O) groups is 1. The first kappa shape index (κ1) is 16.8. The van der Waals surface area contributed by atoms with Gasteiger partial charge in [0.15, 0.2) is 4.34 Å². The number of hydrogen-bond acceptors (Lipinski definition) is 6. The second-order valence-electron chi connectivity index (χ2n) is 4.30. The van der Waals surface area contributed by atoms with E-state index in [1.165, 1.54) is 23.1 Å². The van der Waals surface area contributed by atoms with Crippen LogP contribution in [0, 0.1) is 0 Å². The minimum absolute atomic E-state index is 0.0943. The number of benzene rings is 1. The summed E-state index contributed by atoms with van der Waals surface area (Å²) in [6.07, 6.45) is 1.75. The van der Waals surface area contributed by atoms with Crippen LogP contribution in [0.2, 0.25) is 5.02 Å². The molecule has 0 spiro atoms. The number of hydrogen-bond donors (Lipinski definition) is 2. The molecule has 1 atom stereocenters. The highest BCUT2D eigenvalue weighted by atomic mass is 35.5. The van der Waals surface area contributed by atoms with Crippen molar-refractivity contribution in [2.24, 2.45) is 0 Å². The number of halogens is 1. The molecule has 0 aliphatic carbocycles. The van der Waals surface area contributed by atoms with Gasteiger partial charge in [0.2, 0.25) is 11.0 Å². The summed E-state index contributed by atoms with van der Waals surface area (Å²) in [4.78, 5) is 12.1. The fraction of sp³-hybridized carbons (Fsp3) is 0.214. The standard InChI is InChI=1S/C14H15ClN4OS2/c1-3-8-16-13-18-19-14(22-13)21-9(2)12(20)17-11-6-4-10(15)5-7-11/h3-7,9H,1,8H2,2H3,(H,16,18)(H,17,20). The van der Waals surface area contributed by atoms with Crippen molar-refractivity contribution in [1.82, 2.24) is 10.2 Å². The van der Waals surface area contributed by atoms with Gasteiger partial charge in [-0.3, -0.25) is 4.79 Å². The Bertz CT molecular complexity index is 645. The molecule has 22 heavy (non-hydrogen) atoms. The molecule has 116 valence electrons. The number of nitrogens with one attached hydrogen (secondary N) is 2. The normalized spacial score (nSPS) is 11.7. The maximum absolute atomic E-state index is 12.1. The van der Waals surface area contributed by atoms with Crippen molar-refractivity contribution in [3.8, 4) is 0 Å². The first-order valence-corrected chi connectivity index (χ1v) is 8.57. The molecule has 0 radical (unpaired) electrons. The van der Waals surface area contributed by atoms with Crippen LogP contribution in [0.15, 0.2) is 41.3 Å². The summed E-state index contributed by atoms with van der Waals surface area (Å²) in [6.45, 7) is 6.09. The van der Waals surface area contributed by atoms with E-state index >= 15 is 0 Å². The number of amides is 1. The molecule has 2 aromatic rings. The molecule has 0 bridgehead atoms. The molecule has 5 nitrogen and oxygen atoms in total. The zero-order valence-electron chi connectivity index (χ0n) is 11.9. The van der Waals surface area contributed by atoms with Gasteiger partial charge in [0.1, 0.15) is 0 Å². The number of aromatic nitrogens is 2. The van der Waals surface area contributed by atoms with Crippen molar-refractivity contribution in [3.05, 3.63) is 41.9 Å². The molecule has 1 aromatic heterocycles. The molecule has 1 aromatic carbocycles. The van der Waals surface area contributed by atoms with Gasteiger partial charge < -0.3 is 10.6 Å². The van der Waals surface area contributed by atoms with Crippen molar-refractivity contribution in [1.29, 1.82) is 0 Å². The Kier molecular flexibility index (Phi) is 6.23. The number of carbonyl (C=O) groups excluding carboxylic acids is 1. The molecule has 2 rings (SSSR count). The van der Waals surface area contributed by atoms with Gasteiger partial charge >= 0.3 is 0 Å². The number of rotatable bonds is 7. The van der Waals surface area contributed by atoms with E-state index in [1.54, 1.807) is 30.3 Å². The smallest absolute Gasteiger partial charge is 0.237 e. The topological polar surface area (TPSA) is 66.9 Å². The predicted molar refractivity (Wildman–Crippen MR) is 94.0 cm³/mol. The molecule has 1 amide bonds. The van der Waals surface area contributed by atoms with E-state index in [2.05, 4.69) is 27.4 Å². The van der Waals surface area contributed by atoms with Crippen LogP contribution in [0.5, 0.6) is 0 Å². The molecule has 1 heterocycles. The Hall–Kier alpha value is -1.57. The Labute approximate surface area is 142 Å². The zero-order valence-corrected chi connectivity index (χ0v) is 14.3. The highest BCUT2D eigenvalue weighted by Crippen LogP contribution is 2.29. The monoisotopic (exact) mass is 354 g/mol. The Morgan fingerprint density at radius 1 is 1.45 bits per heavy atom. The fourth-order valence-electron chi connectivity index (χ4n) is 1.47. The predicted octanol–water partition coefficient (Wildman–Crippen LogP) is 3.91. The summed E-state index contributed by atoms with van der Waals surface area (Å²) < 4.78 is 0.741. The summed E-state index contributed by atoms with van der Waals surface area (Å²) in [5, 5.41) is 15.0. The van der Waals surface area contributed by atoms with Crippen LogP contribution >= 0.6 is 34.7 Å². The lowest BCUT2D eigenvalue weighted by atomic mass is 10.3. The molecule has 0 aliphatic heterocycles. The van der Waals surface area contributed by atoms with Gasteiger partial charge in [-0.2, -0.15) is 0 Å². The van der Waals surface area contributed by atoms with E-state index < -0.39 is 0 Å². The molecule has 0 saturated carbocycles. The lowest BCUT2D eigenvalue weighted by molar-refractivity contribution is -0.115. The molecular weight excluding hydrogens is 340 g/mol. The first-order chi connectivity index (χ1) is 10.6. The second-order valence-corrected chi connectivity index (χ2v) is 7.30. The quantitative estimate of drug-likeness (QED) is 0.583. The van der Waals surface area contributed by atoms with Gasteiger partial charge in [-0.15, -0.1) is 16.8 Å². The largest absolute Gasteiger partial charge is 0.357 e. The van der Waals surface area contributed by atoms with Crippen molar-refractivity contribution >= 4 is 51.4 Å². The lowest BCUT2D eigenvalue weighted by Crippen LogP contribution is -2.22. The molecule has 2 N–H and O–H groups in total. The molecule has 0 aliphatic rings. The molecule has 0 saturated heterocycles. The van der Waals surface area contributed by atoms with Crippen molar-refractivity contribution in [2.45, 2.75) is 16.5 Å². The van der Waals surface area contributed by atoms with Crippen LogP contribution in [0.25, 0.3) is 0 Å². The third kappa shape index (κ3) is 5.01. The highest BCUT2D eigenvalue weighted by Gasteiger charge is 2.17. The van der Waals surface area contributed by atoms with E-state index in [-0.39, 0.29) is 11.2 Å². The van der Waals surface area contributed by atoms with E-state index in [0.717, 1.165) is 4.34 Å². The van der Waals surface area contributed by atoms with Crippen LogP contribution in [0.3, 0.4) is 0 Å². The average molecular weight is 355 g/mol. The second kappa shape index (κ2) is 8.17. The first-order valence-electron chi connectivity index (χ1n) is 6.50. The summed E-state index contributed by atoms with van der Waals surface area (Å²) in [5.74, 6) is -0.0943. The van der Waals surface area contributed by atoms with Crippen LogP contribution in [-0.2, 0) is 4.79 Å². The van der Waals surface area contributed by atoms with E-state index in [9.17, 15) is 4.79 Å². The van der Waals surface area contributed by atoms with Crippen molar-refractivity contribution < 1.29 is 4.79 Å². The molecule has 1 unspecified atom stereocenters. The van der Waals surface area contributed by atoms with Gasteiger partial charge in [-0.1, -0.05) is 40.8 Å². The number of anilines is 2. The lowest BCUT2D eigenvalue weighted by Gasteiger charge is -2.10. The highest BCUT2D eigenvalue weighted by molar-refractivity contribution is 8.02. The molecule has 0 fully saturated rings. The van der Waals surface area contributed by atoms with Crippen LogP contribution < -0.4 is 10.6 Å². The Morgan fingerprint density at radius 2 is 2.18 bits per heavy atom. The van der Waals surface area contributed by atoms with E-state index in [4.69, 9.17) is 11.6 Å². The van der Waals surface area contributed by atoms with Crippen molar-refractivity contribution in [2.75, 3.05) is 17.2 Å². The van der Waals surface area contributed by atoms with Gasteiger partial charge in [-0.25, -0.2) is 0 Å². The van der Waals surface area contributed by atoms with Crippen molar-refractivity contribution in [3.63, 3.8) is 0 Å². The minimum Gasteiger partial charge on any atom is -0.357 e. The summed E-state index contributed by atoms with van der Waals surface area (Å²) in [6, 6.07) is 6.99. The fourth-order valence-corrected chi connectivity index (χ4v) is 3.50. The summed E-state index contributed by atoms with van der Waals surface area (Å²) >= 11 is 8.59. The van der Waals surface area contributed by atoms with E-state index in [1.807, 2.05) is 6.92 Å². The summed E-state index contributed by atoms with van der Waals surface area (Å²) in [5.41, 5.74) is 0.715. The zero-order chi connectivity index (χ0) is 15.9. The summed E-state index contributed by atoms with van der Waals surface area (Å²) in [7, 11) is 0. The van der Waals surface area contributed by atoms with Crippen LogP contribution in [0.4, 0.5) is 10.8 Å². The van der Waals surface area contributed by atoms with Gasteiger partial charge in [0, 0.05) is 17.3 Å². The Morgan fingerprint density at radius 3 is 2.86 bits per heavy atom. The molecule has 8 heteroatoms. The average Bonchev–Trinajstić information content (AvgIpc) is 2.95. The van der Waals surface area contributed by atoms with Crippen LogP contribution in [0.1, 0.15) is 6.92 Å². The van der Waals surface area contributed by atoms with Gasteiger partial charge in [0.25, 0.3) is 0 Å². The third-order valence-corrected chi connectivity index (χ3v) is 4.88. The third-order valence-electron chi connectivity index (χ3n) is 2.56. The van der Waals surface area contributed by atoms with Gasteiger partial charge in [0.05, 0.1) is 5.25 Å². The van der Waals surface area contributed by atoms with Gasteiger partial charge in [-0.05, 0) is 31.2 Å². The van der Waals surface area contributed by atoms with E-state index in [0.29, 0.717) is 22.4 Å². The SMILES string of the molecule is C=CCNc1nnc(SC(C)C(=O)Nc2ccc(Cl)cc2)s1. The minimum atomic E-state index is -0.282. The maximum atomic E-state index is 12.1. The maximum Gasteiger partial charge on any atom is 0.237 e. The number of nitrogens with zero attached hydrogens (tertiary/aromatic N) is 2. The number of thioether (sulfide) groups is 1.